The summed E-state index contributed by atoms with van der Waals surface area (Å²) in [5.74, 6) is -0.0723. The lowest BCUT2D eigenvalue weighted by molar-refractivity contribution is -0.116. The number of fused-ring (bicyclic) bond motifs is 1. The summed E-state index contributed by atoms with van der Waals surface area (Å²) in [6, 6.07) is 2.89. The van der Waals surface area contributed by atoms with Crippen molar-refractivity contribution in [2.75, 3.05) is 11.9 Å². The minimum atomic E-state index is -0.430. The summed E-state index contributed by atoms with van der Waals surface area (Å²) in [4.78, 5) is 38.7. The Morgan fingerprint density at radius 2 is 2.23 bits per heavy atom. The van der Waals surface area contributed by atoms with Gasteiger partial charge in [0.2, 0.25) is 18.2 Å². The van der Waals surface area contributed by atoms with E-state index in [9.17, 15) is 14.4 Å². The second-order valence-corrected chi connectivity index (χ2v) is 8.56. The summed E-state index contributed by atoms with van der Waals surface area (Å²) in [5.41, 5.74) is 1.59. The van der Waals surface area contributed by atoms with E-state index in [-0.39, 0.29) is 24.6 Å². The minimum Gasteiger partial charge on any atom is -0.462 e. The normalized spacial score (nSPS) is 15.4. The molecule has 0 bridgehead atoms. The second-order valence-electron chi connectivity index (χ2n) is 7.45. The summed E-state index contributed by atoms with van der Waals surface area (Å²) >= 11 is 1.41. The standard InChI is InChI=1S/C21H22N4O5S/c1-3-29-21(28)18-14-6-4-12(2)8-15(14)31-20(18)23-16(26)10-25-9-13(5-7-17(25)27)19-24-22-11-30-19/h5,7,9,11-12H,3-4,6,8,10H2,1-2H3,(H,23,26). The first-order valence-electron chi connectivity index (χ1n) is 10.0. The molecule has 3 aromatic rings. The molecule has 1 amide bonds. The molecule has 1 atom stereocenters. The third kappa shape index (κ3) is 4.43. The van der Waals surface area contributed by atoms with Crippen molar-refractivity contribution in [2.45, 2.75) is 39.7 Å². The summed E-state index contributed by atoms with van der Waals surface area (Å²) in [6.07, 6.45) is 5.31. The number of nitrogens with one attached hydrogen (secondary N) is 1. The number of esters is 1. The van der Waals surface area contributed by atoms with Gasteiger partial charge < -0.3 is 19.0 Å². The lowest BCUT2D eigenvalue weighted by Crippen LogP contribution is -2.27. The van der Waals surface area contributed by atoms with E-state index in [0.29, 0.717) is 22.0 Å². The molecule has 4 rings (SSSR count). The Labute approximate surface area is 182 Å². The fraction of sp³-hybridized carbons (Fsp3) is 0.381. The number of hydrogen-bond acceptors (Lipinski definition) is 8. The van der Waals surface area contributed by atoms with Gasteiger partial charge in [0.05, 0.1) is 17.7 Å². The van der Waals surface area contributed by atoms with E-state index in [1.165, 1.54) is 34.6 Å². The highest BCUT2D eigenvalue weighted by molar-refractivity contribution is 7.17. The van der Waals surface area contributed by atoms with Crippen molar-refractivity contribution in [1.82, 2.24) is 14.8 Å². The maximum atomic E-state index is 12.8. The van der Waals surface area contributed by atoms with Gasteiger partial charge in [-0.1, -0.05) is 6.92 Å². The Kier molecular flexibility index (Phi) is 5.99. The molecule has 0 aromatic carbocycles. The highest BCUT2D eigenvalue weighted by atomic mass is 32.1. The molecule has 162 valence electrons. The SMILES string of the molecule is CCOC(=O)c1c(NC(=O)Cn2cc(-c3nnco3)ccc2=O)sc2c1CCC(C)C2. The van der Waals surface area contributed by atoms with Crippen LogP contribution < -0.4 is 10.9 Å². The van der Waals surface area contributed by atoms with Crippen LogP contribution in [0.1, 0.15) is 41.1 Å². The number of nitrogens with zero attached hydrogens (tertiary/aromatic N) is 3. The van der Waals surface area contributed by atoms with E-state index >= 15 is 0 Å². The smallest absolute Gasteiger partial charge is 0.341 e. The van der Waals surface area contributed by atoms with Crippen LogP contribution in [-0.4, -0.2) is 33.2 Å². The van der Waals surface area contributed by atoms with Crippen LogP contribution in [0, 0.1) is 5.92 Å². The molecular weight excluding hydrogens is 420 g/mol. The van der Waals surface area contributed by atoms with Gasteiger partial charge in [-0.05, 0) is 43.7 Å². The number of amides is 1. The largest absolute Gasteiger partial charge is 0.462 e. The summed E-state index contributed by atoms with van der Waals surface area (Å²) < 4.78 is 11.6. The first kappa shape index (κ1) is 21.0. The lowest BCUT2D eigenvalue weighted by atomic mass is 9.88. The number of aromatic nitrogens is 3. The van der Waals surface area contributed by atoms with Gasteiger partial charge in [0.1, 0.15) is 11.5 Å². The number of pyridine rings is 1. The van der Waals surface area contributed by atoms with Crippen molar-refractivity contribution < 1.29 is 18.7 Å². The third-order valence-electron chi connectivity index (χ3n) is 5.15. The molecule has 0 radical (unpaired) electrons. The fourth-order valence-electron chi connectivity index (χ4n) is 3.66. The van der Waals surface area contributed by atoms with Gasteiger partial charge in [0.25, 0.3) is 5.56 Å². The molecule has 0 saturated carbocycles. The van der Waals surface area contributed by atoms with Crippen LogP contribution in [0.5, 0.6) is 0 Å². The Balaban J connectivity index is 1.58. The van der Waals surface area contributed by atoms with Crippen LogP contribution in [-0.2, 0) is 28.9 Å². The zero-order valence-corrected chi connectivity index (χ0v) is 18.0. The lowest BCUT2D eigenvalue weighted by Gasteiger charge is -2.18. The topological polar surface area (TPSA) is 116 Å². The van der Waals surface area contributed by atoms with Gasteiger partial charge in [0.15, 0.2) is 0 Å². The minimum absolute atomic E-state index is 0.220. The molecule has 0 spiro atoms. The Hall–Kier alpha value is -3.27. The van der Waals surface area contributed by atoms with Crippen LogP contribution >= 0.6 is 11.3 Å². The molecule has 3 aromatic heterocycles. The van der Waals surface area contributed by atoms with Crippen molar-refractivity contribution >= 4 is 28.2 Å². The maximum Gasteiger partial charge on any atom is 0.341 e. The monoisotopic (exact) mass is 442 g/mol. The van der Waals surface area contributed by atoms with Crippen molar-refractivity contribution in [3.05, 3.63) is 51.1 Å². The molecule has 1 aliphatic rings. The van der Waals surface area contributed by atoms with Gasteiger partial charge in [-0.25, -0.2) is 4.79 Å². The predicted molar refractivity (Wildman–Crippen MR) is 114 cm³/mol. The van der Waals surface area contributed by atoms with Crippen LogP contribution in [0.3, 0.4) is 0 Å². The zero-order valence-electron chi connectivity index (χ0n) is 17.2. The average Bonchev–Trinajstić information content (AvgIpc) is 3.37. The molecule has 0 aliphatic heterocycles. The van der Waals surface area contributed by atoms with E-state index in [0.717, 1.165) is 29.7 Å². The van der Waals surface area contributed by atoms with Crippen molar-refractivity contribution in [2.24, 2.45) is 5.92 Å². The highest BCUT2D eigenvalue weighted by Crippen LogP contribution is 2.40. The molecule has 0 saturated heterocycles. The molecule has 1 unspecified atom stereocenters. The highest BCUT2D eigenvalue weighted by Gasteiger charge is 2.29. The number of carbonyl (C=O) groups is 2. The van der Waals surface area contributed by atoms with Crippen LogP contribution in [0.15, 0.2) is 33.9 Å². The number of rotatable bonds is 6. The Morgan fingerprint density at radius 3 is 2.97 bits per heavy atom. The zero-order chi connectivity index (χ0) is 22.0. The number of hydrogen-bond donors (Lipinski definition) is 1. The average molecular weight is 442 g/mol. The molecule has 9 nitrogen and oxygen atoms in total. The van der Waals surface area contributed by atoms with E-state index < -0.39 is 11.9 Å². The van der Waals surface area contributed by atoms with E-state index in [4.69, 9.17) is 9.15 Å². The molecule has 1 aliphatic carbocycles. The fourth-order valence-corrected chi connectivity index (χ4v) is 5.07. The predicted octanol–water partition coefficient (Wildman–Crippen LogP) is 2.90. The molecule has 1 N–H and O–H groups in total. The van der Waals surface area contributed by atoms with Gasteiger partial charge in [0, 0.05) is 17.1 Å². The number of thiophene rings is 1. The van der Waals surface area contributed by atoms with Crippen LogP contribution in [0.2, 0.25) is 0 Å². The van der Waals surface area contributed by atoms with E-state index in [1.807, 2.05) is 0 Å². The first-order chi connectivity index (χ1) is 15.0. The van der Waals surface area contributed by atoms with Gasteiger partial charge in [-0.3, -0.25) is 9.59 Å². The van der Waals surface area contributed by atoms with Gasteiger partial charge in [-0.2, -0.15) is 0 Å². The summed E-state index contributed by atoms with van der Waals surface area (Å²) in [7, 11) is 0. The van der Waals surface area contributed by atoms with E-state index in [2.05, 4.69) is 22.4 Å². The molecule has 3 heterocycles. The second kappa shape index (κ2) is 8.84. The molecule has 31 heavy (non-hydrogen) atoms. The maximum absolute atomic E-state index is 12.8. The molecule has 0 fully saturated rings. The van der Waals surface area contributed by atoms with Crippen LogP contribution in [0.25, 0.3) is 11.5 Å². The van der Waals surface area contributed by atoms with E-state index in [1.54, 1.807) is 13.0 Å². The first-order valence-corrected chi connectivity index (χ1v) is 10.9. The molecular formula is C21H22N4O5S. The summed E-state index contributed by atoms with van der Waals surface area (Å²) in [6.45, 7) is 3.96. The van der Waals surface area contributed by atoms with Gasteiger partial charge in [-0.15, -0.1) is 21.5 Å². The number of carbonyl (C=O) groups excluding carboxylic acids is 2. The van der Waals surface area contributed by atoms with Crippen LogP contribution in [0.4, 0.5) is 5.00 Å². The summed E-state index contributed by atoms with van der Waals surface area (Å²) in [5, 5.41) is 10.7. The van der Waals surface area contributed by atoms with Crippen molar-refractivity contribution in [3.63, 3.8) is 0 Å². The third-order valence-corrected chi connectivity index (χ3v) is 6.32. The Morgan fingerprint density at radius 1 is 1.39 bits per heavy atom. The van der Waals surface area contributed by atoms with Crippen molar-refractivity contribution in [1.29, 1.82) is 0 Å². The number of ether oxygens (including phenoxy) is 1. The Bertz CT molecular complexity index is 1170. The molecule has 10 heteroatoms. The van der Waals surface area contributed by atoms with Gasteiger partial charge >= 0.3 is 5.97 Å². The quantitative estimate of drug-likeness (QED) is 0.584. The number of anilines is 1. The van der Waals surface area contributed by atoms with Crippen molar-refractivity contribution in [3.8, 4) is 11.5 Å².